The highest BCUT2D eigenvalue weighted by Gasteiger charge is 2.56. The van der Waals surface area contributed by atoms with Crippen molar-refractivity contribution in [2.45, 2.75) is 88.7 Å². The van der Waals surface area contributed by atoms with Crippen LogP contribution in [-0.4, -0.2) is 75.3 Å². The summed E-state index contributed by atoms with van der Waals surface area (Å²) in [4.78, 5) is 0. The minimum atomic E-state index is -0.804. The average molecular weight is 633 g/mol. The molecule has 3 aliphatic heterocycles. The van der Waals surface area contributed by atoms with Gasteiger partial charge in [-0.3, -0.25) is 0 Å². The molecular formula is C37H44O9. The molecule has 9 heteroatoms. The monoisotopic (exact) mass is 632 g/mol. The average Bonchev–Trinajstić information content (AvgIpc) is 3.57. The number of methoxy groups -OCH3 is 1. The minimum Gasteiger partial charge on any atom is -0.374 e. The number of hydrogen-bond acceptors (Lipinski definition) is 9. The summed E-state index contributed by atoms with van der Waals surface area (Å²) in [6.45, 7) is 9.76. The van der Waals surface area contributed by atoms with Gasteiger partial charge in [0.1, 0.15) is 36.6 Å². The van der Waals surface area contributed by atoms with Crippen molar-refractivity contribution in [3.8, 4) is 0 Å². The molecule has 246 valence electrons. The number of ether oxygens (including phenoxy) is 9. The highest BCUT2D eigenvalue weighted by Crippen LogP contribution is 2.40. The molecule has 0 aliphatic carbocycles. The van der Waals surface area contributed by atoms with E-state index < -0.39 is 42.8 Å². The number of fused-ring (bicyclic) bond motifs is 1. The molecule has 0 spiro atoms. The maximum atomic E-state index is 6.57. The third-order valence-electron chi connectivity index (χ3n) is 8.33. The zero-order valence-electron chi connectivity index (χ0n) is 26.7. The molecule has 8 atom stereocenters. The van der Waals surface area contributed by atoms with Gasteiger partial charge in [0.2, 0.25) is 0 Å². The number of hydrogen-bond donors (Lipinski definition) is 0. The van der Waals surface area contributed by atoms with Crippen molar-refractivity contribution in [3.05, 3.63) is 120 Å². The molecule has 6 rings (SSSR count). The molecule has 3 saturated heterocycles. The van der Waals surface area contributed by atoms with Crippen LogP contribution < -0.4 is 0 Å². The lowest BCUT2D eigenvalue weighted by Gasteiger charge is -2.43. The summed E-state index contributed by atoms with van der Waals surface area (Å²) < 4.78 is 56.2. The Kier molecular flexibility index (Phi) is 11.0. The van der Waals surface area contributed by atoms with Crippen LogP contribution in [0.25, 0.3) is 0 Å². The first-order valence-corrected chi connectivity index (χ1v) is 15.8. The van der Waals surface area contributed by atoms with Gasteiger partial charge >= 0.3 is 0 Å². The third kappa shape index (κ3) is 8.12. The van der Waals surface area contributed by atoms with Crippen LogP contribution in [0.1, 0.15) is 30.5 Å². The summed E-state index contributed by atoms with van der Waals surface area (Å²) in [7, 11) is 1.59. The van der Waals surface area contributed by atoms with E-state index in [4.69, 9.17) is 42.6 Å². The second-order valence-electron chi connectivity index (χ2n) is 12.2. The van der Waals surface area contributed by atoms with Gasteiger partial charge in [0.05, 0.1) is 33.0 Å². The third-order valence-corrected chi connectivity index (χ3v) is 8.33. The van der Waals surface area contributed by atoms with E-state index in [0.29, 0.717) is 25.4 Å². The Morgan fingerprint density at radius 2 is 1.22 bits per heavy atom. The Morgan fingerprint density at radius 3 is 1.83 bits per heavy atom. The van der Waals surface area contributed by atoms with Crippen molar-refractivity contribution in [1.82, 2.24) is 0 Å². The molecule has 0 bridgehead atoms. The van der Waals surface area contributed by atoms with E-state index in [1.807, 2.05) is 105 Å². The summed E-state index contributed by atoms with van der Waals surface area (Å²) >= 11 is 0. The fourth-order valence-electron chi connectivity index (χ4n) is 6.08. The summed E-state index contributed by atoms with van der Waals surface area (Å²) in [5, 5.41) is 0. The Bertz CT molecular complexity index is 1370. The van der Waals surface area contributed by atoms with Gasteiger partial charge in [-0.05, 0) is 30.5 Å². The Labute approximate surface area is 271 Å². The topological polar surface area (TPSA) is 83.1 Å². The number of benzene rings is 3. The molecule has 0 radical (unpaired) electrons. The van der Waals surface area contributed by atoms with E-state index in [2.05, 4.69) is 6.58 Å². The smallest absolute Gasteiger partial charge is 0.186 e. The molecule has 0 unspecified atom stereocenters. The van der Waals surface area contributed by atoms with Gasteiger partial charge in [0.25, 0.3) is 0 Å². The number of rotatable bonds is 14. The van der Waals surface area contributed by atoms with Crippen LogP contribution in [0.5, 0.6) is 0 Å². The summed E-state index contributed by atoms with van der Waals surface area (Å²) in [6.07, 6.45) is -4.08. The minimum absolute atomic E-state index is 0.169. The molecule has 3 fully saturated rings. The zero-order valence-corrected chi connectivity index (χ0v) is 26.7. The molecule has 0 N–H and O–H groups in total. The van der Waals surface area contributed by atoms with E-state index in [9.17, 15) is 0 Å². The molecule has 0 saturated carbocycles. The first-order chi connectivity index (χ1) is 22.4. The van der Waals surface area contributed by atoms with E-state index in [1.165, 1.54) is 0 Å². The van der Waals surface area contributed by atoms with Gasteiger partial charge in [0, 0.05) is 12.7 Å². The van der Waals surface area contributed by atoms with Crippen LogP contribution in [0.4, 0.5) is 0 Å². The molecule has 9 nitrogen and oxygen atoms in total. The van der Waals surface area contributed by atoms with E-state index in [1.54, 1.807) is 7.11 Å². The van der Waals surface area contributed by atoms with Crippen molar-refractivity contribution < 1.29 is 42.6 Å². The second kappa shape index (κ2) is 15.3. The summed E-state index contributed by atoms with van der Waals surface area (Å²) in [5.41, 5.74) is 3.76. The predicted octanol–water partition coefficient (Wildman–Crippen LogP) is 5.56. The van der Waals surface area contributed by atoms with Gasteiger partial charge < -0.3 is 42.6 Å². The lowest BCUT2D eigenvalue weighted by molar-refractivity contribution is -0.265. The SMILES string of the molecule is C=C1[C@@H](OC[C@H]2O[C@H](OC)[C@H]3OC(C)(C)O[C@H]32)O[C@H](COCc2ccccc2)[C@H](OCc2ccccc2)[C@@H]1OCc1ccccc1. The van der Waals surface area contributed by atoms with Crippen LogP contribution in [0.3, 0.4) is 0 Å². The Hall–Kier alpha value is -2.96. The summed E-state index contributed by atoms with van der Waals surface area (Å²) in [5.74, 6) is -0.750. The predicted molar refractivity (Wildman–Crippen MR) is 169 cm³/mol. The van der Waals surface area contributed by atoms with E-state index >= 15 is 0 Å². The van der Waals surface area contributed by atoms with Gasteiger partial charge in [-0.15, -0.1) is 0 Å². The molecule has 3 aromatic carbocycles. The Morgan fingerprint density at radius 1 is 0.652 bits per heavy atom. The van der Waals surface area contributed by atoms with Crippen molar-refractivity contribution >= 4 is 0 Å². The highest BCUT2D eigenvalue weighted by atomic mass is 16.8. The van der Waals surface area contributed by atoms with Crippen molar-refractivity contribution in [2.75, 3.05) is 20.3 Å². The van der Waals surface area contributed by atoms with Crippen LogP contribution in [-0.2, 0) is 62.5 Å². The van der Waals surface area contributed by atoms with Gasteiger partial charge in [0.15, 0.2) is 18.4 Å². The first kappa shape index (κ1) is 33.0. The normalized spacial score (nSPS) is 30.4. The van der Waals surface area contributed by atoms with Crippen molar-refractivity contribution in [2.24, 2.45) is 0 Å². The fraction of sp³-hybridized carbons (Fsp3) is 0.459. The van der Waals surface area contributed by atoms with E-state index in [-0.39, 0.29) is 25.4 Å². The van der Waals surface area contributed by atoms with Crippen LogP contribution in [0.2, 0.25) is 0 Å². The van der Waals surface area contributed by atoms with E-state index in [0.717, 1.165) is 16.7 Å². The molecule has 46 heavy (non-hydrogen) atoms. The first-order valence-electron chi connectivity index (χ1n) is 15.8. The standard InChI is InChI=1S/C37H44O9/c1-25-31(40-21-27-16-10-6-11-17-27)32(41-22-28-18-12-7-13-19-28)29(23-39-20-26-14-8-5-9-15-26)43-35(25)42-24-30-33-34(36(38-4)44-30)46-37(2,3)45-33/h5-19,29-36H,1,20-24H2,2-4H3/t29-,30-,31-,32+,33+,34+,35+,36+/m1/s1. The summed E-state index contributed by atoms with van der Waals surface area (Å²) in [6, 6.07) is 30.1. The molecule has 0 amide bonds. The lowest BCUT2D eigenvalue weighted by Crippen LogP contribution is -2.54. The van der Waals surface area contributed by atoms with Crippen molar-refractivity contribution in [3.63, 3.8) is 0 Å². The maximum absolute atomic E-state index is 6.57. The van der Waals surface area contributed by atoms with Crippen LogP contribution >= 0.6 is 0 Å². The van der Waals surface area contributed by atoms with Gasteiger partial charge in [-0.25, -0.2) is 0 Å². The Balaban J connectivity index is 1.20. The molecular weight excluding hydrogens is 588 g/mol. The second-order valence-corrected chi connectivity index (χ2v) is 12.2. The molecule has 3 aliphatic rings. The fourth-order valence-corrected chi connectivity index (χ4v) is 6.08. The largest absolute Gasteiger partial charge is 0.374 e. The van der Waals surface area contributed by atoms with Crippen LogP contribution in [0, 0.1) is 0 Å². The molecule has 3 aromatic rings. The maximum Gasteiger partial charge on any atom is 0.186 e. The van der Waals surface area contributed by atoms with Crippen molar-refractivity contribution in [1.29, 1.82) is 0 Å². The zero-order chi connectivity index (χ0) is 31.9. The highest BCUT2D eigenvalue weighted by molar-refractivity contribution is 5.18. The van der Waals surface area contributed by atoms with Gasteiger partial charge in [-0.1, -0.05) is 97.6 Å². The molecule has 3 heterocycles. The van der Waals surface area contributed by atoms with Crippen LogP contribution in [0.15, 0.2) is 103 Å². The lowest BCUT2D eigenvalue weighted by atomic mass is 9.96. The molecule has 0 aromatic heterocycles. The quantitative estimate of drug-likeness (QED) is 0.212. The van der Waals surface area contributed by atoms with Gasteiger partial charge in [-0.2, -0.15) is 0 Å².